The summed E-state index contributed by atoms with van der Waals surface area (Å²) in [6, 6.07) is 2.12. The molecule has 5 heteroatoms. The number of rotatable bonds is 5. The fourth-order valence-corrected chi connectivity index (χ4v) is 2.98. The zero-order chi connectivity index (χ0) is 14.6. The van der Waals surface area contributed by atoms with E-state index in [0.717, 1.165) is 32.4 Å². The summed E-state index contributed by atoms with van der Waals surface area (Å²) in [7, 11) is 0. The summed E-state index contributed by atoms with van der Waals surface area (Å²) in [5.41, 5.74) is 0.721. The minimum Gasteiger partial charge on any atom is -0.444 e. The lowest BCUT2D eigenvalue weighted by Gasteiger charge is -2.42. The second-order valence-corrected chi connectivity index (χ2v) is 7.28. The molecule has 4 nitrogen and oxygen atoms in total. The molecule has 2 rings (SSSR count). The van der Waals surface area contributed by atoms with Crippen molar-refractivity contribution in [3.05, 3.63) is 22.4 Å². The van der Waals surface area contributed by atoms with Gasteiger partial charge >= 0.3 is 6.09 Å². The van der Waals surface area contributed by atoms with Crippen molar-refractivity contribution >= 4 is 17.4 Å². The van der Waals surface area contributed by atoms with Gasteiger partial charge in [-0.15, -0.1) is 0 Å². The van der Waals surface area contributed by atoms with Crippen LogP contribution in [-0.4, -0.2) is 23.8 Å². The Hall–Kier alpha value is -1.07. The average molecular weight is 296 g/mol. The number of amides is 1. The van der Waals surface area contributed by atoms with Crippen molar-refractivity contribution in [2.45, 2.75) is 57.7 Å². The Morgan fingerprint density at radius 1 is 1.45 bits per heavy atom. The summed E-state index contributed by atoms with van der Waals surface area (Å²) in [4.78, 5) is 11.9. The monoisotopic (exact) mass is 296 g/mol. The van der Waals surface area contributed by atoms with Crippen LogP contribution in [-0.2, 0) is 11.3 Å². The van der Waals surface area contributed by atoms with Gasteiger partial charge in [0.25, 0.3) is 0 Å². The molecule has 20 heavy (non-hydrogen) atoms. The maximum Gasteiger partial charge on any atom is 0.408 e. The highest BCUT2D eigenvalue weighted by molar-refractivity contribution is 7.07. The number of alkyl carbamates (subject to hydrolysis) is 1. The van der Waals surface area contributed by atoms with Gasteiger partial charge in [-0.25, -0.2) is 4.79 Å². The molecule has 1 aliphatic rings. The first-order chi connectivity index (χ1) is 9.39. The van der Waals surface area contributed by atoms with E-state index in [0.29, 0.717) is 0 Å². The number of hydrogen-bond acceptors (Lipinski definition) is 4. The number of ether oxygens (including phenoxy) is 1. The molecule has 1 amide bonds. The van der Waals surface area contributed by atoms with Gasteiger partial charge in [-0.05, 0) is 62.4 Å². The van der Waals surface area contributed by atoms with Crippen molar-refractivity contribution in [3.8, 4) is 0 Å². The molecule has 0 spiro atoms. The highest BCUT2D eigenvalue weighted by atomic mass is 32.1. The first-order valence-electron chi connectivity index (χ1n) is 7.12. The third-order valence-corrected chi connectivity index (χ3v) is 4.18. The minimum absolute atomic E-state index is 0.127. The highest BCUT2D eigenvalue weighted by Crippen LogP contribution is 2.31. The molecule has 0 aliphatic heterocycles. The lowest BCUT2D eigenvalue weighted by molar-refractivity contribution is 0.0382. The minimum atomic E-state index is -0.445. The molecule has 1 saturated carbocycles. The topological polar surface area (TPSA) is 50.4 Å². The van der Waals surface area contributed by atoms with Crippen LogP contribution < -0.4 is 10.6 Å². The van der Waals surface area contributed by atoms with Crippen LogP contribution in [0.5, 0.6) is 0 Å². The first kappa shape index (κ1) is 15.3. The Balaban J connectivity index is 1.78. The highest BCUT2D eigenvalue weighted by Gasteiger charge is 2.39. The quantitative estimate of drug-likeness (QED) is 0.876. The Morgan fingerprint density at radius 2 is 2.20 bits per heavy atom. The molecule has 1 fully saturated rings. The largest absolute Gasteiger partial charge is 0.444 e. The van der Waals surface area contributed by atoms with Crippen LogP contribution in [0.25, 0.3) is 0 Å². The predicted octanol–water partition coefficient (Wildman–Crippen LogP) is 3.29. The SMILES string of the molecule is CC(C)(C)OC(=O)NC1(CNCc2ccsc2)CCC1. The summed E-state index contributed by atoms with van der Waals surface area (Å²) in [5, 5.41) is 10.7. The van der Waals surface area contributed by atoms with E-state index in [4.69, 9.17) is 4.74 Å². The van der Waals surface area contributed by atoms with E-state index in [1.165, 1.54) is 5.56 Å². The van der Waals surface area contributed by atoms with E-state index in [-0.39, 0.29) is 11.6 Å². The van der Waals surface area contributed by atoms with Gasteiger partial charge in [0.2, 0.25) is 0 Å². The molecule has 1 aliphatic carbocycles. The van der Waals surface area contributed by atoms with Gasteiger partial charge in [0.05, 0.1) is 5.54 Å². The van der Waals surface area contributed by atoms with E-state index < -0.39 is 5.60 Å². The number of nitrogens with one attached hydrogen (secondary N) is 2. The number of carbonyl (C=O) groups is 1. The van der Waals surface area contributed by atoms with E-state index in [1.54, 1.807) is 11.3 Å². The second kappa shape index (κ2) is 6.14. The van der Waals surface area contributed by atoms with Crippen molar-refractivity contribution < 1.29 is 9.53 Å². The maximum atomic E-state index is 11.9. The van der Waals surface area contributed by atoms with Crippen LogP contribution in [0.4, 0.5) is 4.79 Å². The number of thiophene rings is 1. The molecule has 1 aromatic rings. The average Bonchev–Trinajstić information content (AvgIpc) is 2.75. The van der Waals surface area contributed by atoms with Gasteiger partial charge in [-0.1, -0.05) is 0 Å². The molecule has 1 heterocycles. The van der Waals surface area contributed by atoms with Gasteiger partial charge in [0.1, 0.15) is 5.60 Å². The van der Waals surface area contributed by atoms with E-state index in [1.807, 2.05) is 20.8 Å². The van der Waals surface area contributed by atoms with E-state index >= 15 is 0 Å². The fourth-order valence-electron chi connectivity index (χ4n) is 2.31. The molecular formula is C15H24N2O2S. The maximum absolute atomic E-state index is 11.9. The van der Waals surface area contributed by atoms with Gasteiger partial charge in [-0.3, -0.25) is 0 Å². The molecule has 0 aromatic carbocycles. The molecule has 0 unspecified atom stereocenters. The van der Waals surface area contributed by atoms with Crippen LogP contribution in [0.15, 0.2) is 16.8 Å². The van der Waals surface area contributed by atoms with Crippen molar-refractivity contribution in [1.29, 1.82) is 0 Å². The zero-order valence-corrected chi connectivity index (χ0v) is 13.3. The van der Waals surface area contributed by atoms with Crippen molar-refractivity contribution in [2.24, 2.45) is 0 Å². The van der Waals surface area contributed by atoms with Gasteiger partial charge in [-0.2, -0.15) is 11.3 Å². The van der Waals surface area contributed by atoms with E-state index in [9.17, 15) is 4.79 Å². The normalized spacial score (nSPS) is 17.4. The van der Waals surface area contributed by atoms with Crippen LogP contribution in [0.1, 0.15) is 45.6 Å². The number of hydrogen-bond donors (Lipinski definition) is 2. The molecule has 2 N–H and O–H groups in total. The van der Waals surface area contributed by atoms with Gasteiger partial charge in [0, 0.05) is 13.1 Å². The Morgan fingerprint density at radius 3 is 2.70 bits per heavy atom. The summed E-state index contributed by atoms with van der Waals surface area (Å²) in [6.07, 6.45) is 2.89. The van der Waals surface area contributed by atoms with Crippen molar-refractivity contribution in [1.82, 2.24) is 10.6 Å². The third kappa shape index (κ3) is 4.49. The van der Waals surface area contributed by atoms with Gasteiger partial charge in [0.15, 0.2) is 0 Å². The number of carbonyl (C=O) groups excluding carboxylic acids is 1. The summed E-state index contributed by atoms with van der Waals surface area (Å²) in [5.74, 6) is 0. The third-order valence-electron chi connectivity index (χ3n) is 3.45. The summed E-state index contributed by atoms with van der Waals surface area (Å²) in [6.45, 7) is 7.29. The second-order valence-electron chi connectivity index (χ2n) is 6.50. The van der Waals surface area contributed by atoms with Crippen molar-refractivity contribution in [2.75, 3.05) is 6.54 Å². The Kier molecular flexibility index (Phi) is 4.70. The van der Waals surface area contributed by atoms with Crippen LogP contribution in [0, 0.1) is 0 Å². The Bertz CT molecular complexity index is 433. The lowest BCUT2D eigenvalue weighted by Crippen LogP contribution is -2.59. The summed E-state index contributed by atoms with van der Waals surface area (Å²) < 4.78 is 5.35. The molecule has 0 atom stereocenters. The molecule has 0 radical (unpaired) electrons. The molecule has 112 valence electrons. The smallest absolute Gasteiger partial charge is 0.408 e. The van der Waals surface area contributed by atoms with Crippen LogP contribution in [0.3, 0.4) is 0 Å². The predicted molar refractivity (Wildman–Crippen MR) is 82.0 cm³/mol. The molecule has 0 bridgehead atoms. The fraction of sp³-hybridized carbons (Fsp3) is 0.667. The summed E-state index contributed by atoms with van der Waals surface area (Å²) >= 11 is 1.70. The zero-order valence-electron chi connectivity index (χ0n) is 12.5. The van der Waals surface area contributed by atoms with Crippen LogP contribution >= 0.6 is 11.3 Å². The standard InChI is InChI=1S/C15H24N2O2S/c1-14(2,3)19-13(18)17-15(6-4-7-15)11-16-9-12-5-8-20-10-12/h5,8,10,16H,4,6-7,9,11H2,1-3H3,(H,17,18). The Labute approximate surface area is 124 Å². The molecule has 1 aromatic heterocycles. The van der Waals surface area contributed by atoms with E-state index in [2.05, 4.69) is 27.5 Å². The molecule has 0 saturated heterocycles. The van der Waals surface area contributed by atoms with Crippen molar-refractivity contribution in [3.63, 3.8) is 0 Å². The van der Waals surface area contributed by atoms with Crippen LogP contribution in [0.2, 0.25) is 0 Å². The lowest BCUT2D eigenvalue weighted by atomic mass is 9.76. The first-order valence-corrected chi connectivity index (χ1v) is 8.06. The molecular weight excluding hydrogens is 272 g/mol. The van der Waals surface area contributed by atoms with Gasteiger partial charge < -0.3 is 15.4 Å².